The fraction of sp³-hybridized carbons (Fsp3) is 0.368. The van der Waals surface area contributed by atoms with Crippen LogP contribution < -0.4 is 11.0 Å². The van der Waals surface area contributed by atoms with E-state index in [4.69, 9.17) is 4.84 Å². The number of carbonyl (C=O) groups excluding carboxylic acids is 1. The van der Waals surface area contributed by atoms with Crippen molar-refractivity contribution in [1.82, 2.24) is 15.3 Å². The third kappa shape index (κ3) is 3.67. The van der Waals surface area contributed by atoms with Crippen LogP contribution in [0.5, 0.6) is 0 Å². The van der Waals surface area contributed by atoms with Crippen LogP contribution in [0, 0.1) is 0 Å². The zero-order valence-electron chi connectivity index (χ0n) is 16.0. The van der Waals surface area contributed by atoms with Crippen LogP contribution in [0.4, 0.5) is 0 Å². The van der Waals surface area contributed by atoms with Crippen LogP contribution in [0.2, 0.25) is 0 Å². The van der Waals surface area contributed by atoms with Crippen molar-refractivity contribution in [3.05, 3.63) is 57.0 Å². The van der Waals surface area contributed by atoms with Gasteiger partial charge in [-0.25, -0.2) is 8.42 Å². The number of aromatic nitrogens is 2. The van der Waals surface area contributed by atoms with Crippen LogP contribution in [0.1, 0.15) is 46.8 Å². The summed E-state index contributed by atoms with van der Waals surface area (Å²) in [6, 6.07) is 2.92. The number of carbonyl (C=O) groups is 1. The fourth-order valence-electron chi connectivity index (χ4n) is 3.27. The summed E-state index contributed by atoms with van der Waals surface area (Å²) in [7, 11) is -2.02. The Morgan fingerprint density at radius 2 is 2.04 bits per heavy atom. The molecule has 1 aliphatic rings. The first-order valence-corrected chi connectivity index (χ1v) is 10.9. The zero-order valence-corrected chi connectivity index (χ0v) is 16.9. The molecule has 28 heavy (non-hydrogen) atoms. The lowest BCUT2D eigenvalue weighted by Crippen LogP contribution is -2.21. The van der Waals surface area contributed by atoms with Crippen LogP contribution in [-0.4, -0.2) is 36.8 Å². The van der Waals surface area contributed by atoms with Gasteiger partial charge in [0.2, 0.25) is 0 Å². The molecule has 2 N–H and O–H groups in total. The van der Waals surface area contributed by atoms with Gasteiger partial charge in [-0.3, -0.25) is 24.6 Å². The summed E-state index contributed by atoms with van der Waals surface area (Å²) in [5.41, 5.74) is 4.20. The molecule has 1 aromatic heterocycles. The van der Waals surface area contributed by atoms with E-state index < -0.39 is 21.2 Å². The highest BCUT2D eigenvalue weighted by Gasteiger charge is 2.27. The predicted molar refractivity (Wildman–Crippen MR) is 105 cm³/mol. The van der Waals surface area contributed by atoms with Crippen molar-refractivity contribution in [2.45, 2.75) is 31.1 Å². The van der Waals surface area contributed by atoms with Crippen LogP contribution >= 0.6 is 0 Å². The molecule has 0 saturated carbocycles. The number of nitrogens with one attached hydrogen (secondary N) is 2. The average Bonchev–Trinajstić information content (AvgIpc) is 3.29. The molecule has 0 bridgehead atoms. The Balaban J connectivity index is 2.28. The van der Waals surface area contributed by atoms with E-state index in [1.54, 1.807) is 6.08 Å². The summed E-state index contributed by atoms with van der Waals surface area (Å²) in [5.74, 6) is -0.436. The highest BCUT2D eigenvalue weighted by Crippen LogP contribution is 2.32. The van der Waals surface area contributed by atoms with Crippen molar-refractivity contribution >= 4 is 21.3 Å². The Hall–Kier alpha value is -2.65. The van der Waals surface area contributed by atoms with E-state index in [9.17, 15) is 18.0 Å². The van der Waals surface area contributed by atoms with Crippen molar-refractivity contribution in [3.8, 4) is 0 Å². The summed E-state index contributed by atoms with van der Waals surface area (Å²) in [4.78, 5) is 30.7. The summed E-state index contributed by atoms with van der Waals surface area (Å²) in [5, 5.41) is 2.70. The van der Waals surface area contributed by atoms with E-state index in [1.165, 1.54) is 30.1 Å². The van der Waals surface area contributed by atoms with Gasteiger partial charge in [0.25, 0.3) is 5.56 Å². The maximum absolute atomic E-state index is 13.1. The van der Waals surface area contributed by atoms with Gasteiger partial charge in [-0.1, -0.05) is 13.3 Å². The lowest BCUT2D eigenvalue weighted by atomic mass is 9.91. The number of hydroxylamine groups is 1. The van der Waals surface area contributed by atoms with Crippen molar-refractivity contribution in [1.29, 1.82) is 0 Å². The molecular weight excluding hydrogens is 382 g/mol. The maximum Gasteiger partial charge on any atom is 0.277 e. The highest BCUT2D eigenvalue weighted by atomic mass is 32.2. The fourth-order valence-corrected chi connectivity index (χ4v) is 4.19. The lowest BCUT2D eigenvalue weighted by molar-refractivity contribution is 0.103. The number of unbranched alkanes of at least 4 members (excludes halogenated alkanes) is 1. The van der Waals surface area contributed by atoms with E-state index in [1.807, 2.05) is 6.92 Å². The van der Waals surface area contributed by atoms with E-state index in [0.717, 1.165) is 19.1 Å². The molecule has 0 amide bonds. The molecule has 2 heterocycles. The van der Waals surface area contributed by atoms with Gasteiger partial charge in [-0.2, -0.15) is 0 Å². The molecule has 9 heteroatoms. The summed E-state index contributed by atoms with van der Waals surface area (Å²) in [6.45, 7) is 2.31. The third-order valence-corrected chi connectivity index (χ3v) is 5.84. The second kappa shape index (κ2) is 7.76. The normalized spacial score (nSPS) is 14.0. The topological polar surface area (TPSA) is 110 Å². The first-order valence-electron chi connectivity index (χ1n) is 8.99. The van der Waals surface area contributed by atoms with Gasteiger partial charge in [-0.15, -0.1) is 0 Å². The molecule has 1 aromatic carbocycles. The number of aromatic amines is 1. The summed E-state index contributed by atoms with van der Waals surface area (Å²) >= 11 is 0. The smallest absolute Gasteiger partial charge is 0.277 e. The van der Waals surface area contributed by atoms with Crippen molar-refractivity contribution < 1.29 is 18.0 Å². The minimum absolute atomic E-state index is 0.0166. The molecule has 0 saturated heterocycles. The number of benzene rings is 1. The van der Waals surface area contributed by atoms with Gasteiger partial charge in [0, 0.05) is 30.6 Å². The second-order valence-corrected chi connectivity index (χ2v) is 8.74. The molecule has 0 atom stereocenters. The van der Waals surface area contributed by atoms with Gasteiger partial charge in [0.15, 0.2) is 15.6 Å². The van der Waals surface area contributed by atoms with Gasteiger partial charge < -0.3 is 5.10 Å². The van der Waals surface area contributed by atoms with E-state index in [-0.39, 0.29) is 10.5 Å². The first-order chi connectivity index (χ1) is 13.3. The largest absolute Gasteiger partial charge is 0.302 e. The standard InChI is InChI=1S/C19H23N3O5S/c1-4-5-6-12-13(18(23)14-11-20-22(2)19(14)24)7-8-16(28(3,25)26)17(12)15-9-10-27-21-15/h7-9,11,20-21H,4-6,10H2,1-3H3. The number of sulfone groups is 1. The van der Waals surface area contributed by atoms with Crippen LogP contribution in [0.15, 0.2) is 34.1 Å². The minimum Gasteiger partial charge on any atom is -0.302 e. The van der Waals surface area contributed by atoms with Crippen LogP contribution in [0.25, 0.3) is 5.70 Å². The zero-order chi connectivity index (χ0) is 20.5. The average molecular weight is 405 g/mol. The quantitative estimate of drug-likeness (QED) is 0.677. The van der Waals surface area contributed by atoms with Crippen molar-refractivity contribution in [2.75, 3.05) is 12.9 Å². The molecule has 0 aliphatic carbocycles. The Morgan fingerprint density at radius 1 is 1.29 bits per heavy atom. The first kappa shape index (κ1) is 20.1. The Morgan fingerprint density at radius 3 is 2.57 bits per heavy atom. The highest BCUT2D eigenvalue weighted by molar-refractivity contribution is 7.90. The molecule has 1 aliphatic heterocycles. The number of aryl methyl sites for hydroxylation is 1. The molecule has 150 valence electrons. The van der Waals surface area contributed by atoms with Gasteiger partial charge >= 0.3 is 0 Å². The van der Waals surface area contributed by atoms with Gasteiger partial charge in [0.05, 0.1) is 17.2 Å². The number of H-pyrrole nitrogens is 1. The van der Waals surface area contributed by atoms with Crippen LogP contribution in [-0.2, 0) is 28.1 Å². The van der Waals surface area contributed by atoms with Gasteiger partial charge in [0.1, 0.15) is 5.56 Å². The molecule has 8 nitrogen and oxygen atoms in total. The van der Waals surface area contributed by atoms with Gasteiger partial charge in [-0.05, 0) is 36.6 Å². The summed E-state index contributed by atoms with van der Waals surface area (Å²) in [6.07, 6.45) is 6.37. The second-order valence-electron chi connectivity index (χ2n) is 6.75. The molecular formula is C19H23N3O5S. The Kier molecular flexibility index (Phi) is 5.57. The Bertz CT molecular complexity index is 1110. The number of hydrogen-bond acceptors (Lipinski definition) is 6. The van der Waals surface area contributed by atoms with Crippen molar-refractivity contribution in [2.24, 2.45) is 7.05 Å². The summed E-state index contributed by atoms with van der Waals surface area (Å²) < 4.78 is 26.0. The third-order valence-electron chi connectivity index (χ3n) is 4.70. The molecule has 0 spiro atoms. The maximum atomic E-state index is 13.1. The molecule has 0 unspecified atom stereocenters. The van der Waals surface area contributed by atoms with E-state index in [0.29, 0.717) is 35.4 Å². The number of ketones is 1. The monoisotopic (exact) mass is 405 g/mol. The number of nitrogens with zero attached hydrogens (tertiary/aromatic N) is 1. The molecule has 3 rings (SSSR count). The predicted octanol–water partition coefficient (Wildman–Crippen LogP) is 1.57. The lowest BCUT2D eigenvalue weighted by Gasteiger charge is -2.18. The molecule has 2 aromatic rings. The van der Waals surface area contributed by atoms with E-state index >= 15 is 0 Å². The van der Waals surface area contributed by atoms with Crippen molar-refractivity contribution in [3.63, 3.8) is 0 Å². The molecule has 0 radical (unpaired) electrons. The number of hydrogen-bond donors (Lipinski definition) is 2. The van der Waals surface area contributed by atoms with E-state index in [2.05, 4.69) is 10.6 Å². The minimum atomic E-state index is -3.55. The number of rotatable bonds is 7. The van der Waals surface area contributed by atoms with Crippen LogP contribution in [0.3, 0.4) is 0 Å². The SMILES string of the molecule is CCCCc1c(C(=O)c2c[nH]n(C)c2=O)ccc(S(C)(=O)=O)c1C1=CCON1. The molecule has 0 fully saturated rings. The Labute approximate surface area is 163 Å².